The smallest absolute Gasteiger partial charge is 0.233 e. The van der Waals surface area contributed by atoms with Crippen molar-refractivity contribution < 1.29 is 9.63 Å². The summed E-state index contributed by atoms with van der Waals surface area (Å²) in [6, 6.07) is 0. The van der Waals surface area contributed by atoms with Gasteiger partial charge in [-0.05, 0) is 12.8 Å². The Labute approximate surface area is 92.4 Å². The highest BCUT2D eigenvalue weighted by Crippen LogP contribution is 2.37. The van der Waals surface area contributed by atoms with E-state index >= 15 is 0 Å². The summed E-state index contributed by atoms with van der Waals surface area (Å²) in [5, 5.41) is 13.7. The Morgan fingerprint density at radius 3 is 2.80 bits per heavy atom. The van der Waals surface area contributed by atoms with Gasteiger partial charge in [0.1, 0.15) is 0 Å². The molecule has 1 aliphatic heterocycles. The number of nitrogens with zero attached hydrogens (tertiary/aromatic N) is 2. The third-order valence-electron chi connectivity index (χ3n) is 3.30. The second kappa shape index (κ2) is 3.79. The van der Waals surface area contributed by atoms with Crippen molar-refractivity contribution >= 4 is 11.8 Å². The normalized spacial score (nSPS) is 31.8. The average molecular weight is 226 g/mol. The lowest BCUT2D eigenvalue weighted by atomic mass is 9.85. The molecular weight excluding hydrogens is 212 g/mol. The van der Waals surface area contributed by atoms with Gasteiger partial charge in [-0.15, -0.1) is 0 Å². The van der Waals surface area contributed by atoms with Crippen molar-refractivity contribution in [3.63, 3.8) is 0 Å². The maximum atomic E-state index is 9.71. The third kappa shape index (κ3) is 1.67. The van der Waals surface area contributed by atoms with Crippen LogP contribution < -0.4 is 0 Å². The molecule has 2 heterocycles. The monoisotopic (exact) mass is 226 g/mol. The Morgan fingerprint density at radius 1 is 1.33 bits per heavy atom. The van der Waals surface area contributed by atoms with Crippen molar-refractivity contribution in [1.29, 1.82) is 0 Å². The molecule has 1 aromatic rings. The standard InChI is InChI=1S/C10H14N2O2S/c13-8-5-15-4-7(8)10-11-9(12-14-10)6-2-1-3-6/h6-8,13H,1-5H2. The van der Waals surface area contributed by atoms with Crippen LogP contribution >= 0.6 is 11.8 Å². The number of aliphatic hydroxyl groups is 1. The molecule has 1 saturated carbocycles. The summed E-state index contributed by atoms with van der Waals surface area (Å²) >= 11 is 1.74. The highest BCUT2D eigenvalue weighted by molar-refractivity contribution is 7.99. The minimum absolute atomic E-state index is 0.0522. The van der Waals surface area contributed by atoms with Gasteiger partial charge in [0.25, 0.3) is 0 Å². The molecule has 0 aromatic carbocycles. The number of aromatic nitrogens is 2. The minimum atomic E-state index is -0.315. The fraction of sp³-hybridized carbons (Fsp3) is 0.800. The molecule has 1 aromatic heterocycles. The second-order valence-electron chi connectivity index (χ2n) is 4.33. The molecule has 0 spiro atoms. The van der Waals surface area contributed by atoms with Gasteiger partial charge in [-0.3, -0.25) is 0 Å². The molecule has 4 nitrogen and oxygen atoms in total. The van der Waals surface area contributed by atoms with Crippen LogP contribution in [-0.2, 0) is 0 Å². The molecule has 2 fully saturated rings. The van der Waals surface area contributed by atoms with Crippen molar-refractivity contribution in [2.24, 2.45) is 0 Å². The summed E-state index contributed by atoms with van der Waals surface area (Å²) in [5.41, 5.74) is 0. The molecule has 1 saturated heterocycles. The molecule has 82 valence electrons. The van der Waals surface area contributed by atoms with Crippen molar-refractivity contribution in [2.75, 3.05) is 11.5 Å². The number of aliphatic hydroxyl groups excluding tert-OH is 1. The predicted molar refractivity (Wildman–Crippen MR) is 57.0 cm³/mol. The van der Waals surface area contributed by atoms with Crippen molar-refractivity contribution in [3.8, 4) is 0 Å². The highest BCUT2D eigenvalue weighted by atomic mass is 32.2. The second-order valence-corrected chi connectivity index (χ2v) is 5.40. The Morgan fingerprint density at radius 2 is 2.20 bits per heavy atom. The topological polar surface area (TPSA) is 59.2 Å². The molecule has 0 amide bonds. The van der Waals surface area contributed by atoms with Gasteiger partial charge < -0.3 is 9.63 Å². The summed E-state index contributed by atoms with van der Waals surface area (Å²) in [6.45, 7) is 0. The van der Waals surface area contributed by atoms with Crippen molar-refractivity contribution in [2.45, 2.75) is 37.2 Å². The molecule has 15 heavy (non-hydrogen) atoms. The van der Waals surface area contributed by atoms with E-state index in [1.54, 1.807) is 11.8 Å². The first-order valence-electron chi connectivity index (χ1n) is 5.44. The molecule has 2 aliphatic rings. The molecule has 5 heteroatoms. The fourth-order valence-electron chi connectivity index (χ4n) is 2.01. The minimum Gasteiger partial charge on any atom is -0.391 e. The third-order valence-corrected chi connectivity index (χ3v) is 4.47. The van der Waals surface area contributed by atoms with Crippen LogP contribution in [0.25, 0.3) is 0 Å². The first-order valence-corrected chi connectivity index (χ1v) is 6.59. The molecule has 2 unspecified atom stereocenters. The van der Waals surface area contributed by atoms with E-state index in [0.29, 0.717) is 11.8 Å². The predicted octanol–water partition coefficient (Wildman–Crippen LogP) is 1.53. The van der Waals surface area contributed by atoms with Crippen LogP contribution in [0.2, 0.25) is 0 Å². The van der Waals surface area contributed by atoms with Gasteiger partial charge in [-0.2, -0.15) is 16.7 Å². The van der Waals surface area contributed by atoms with E-state index < -0.39 is 0 Å². The average Bonchev–Trinajstić information content (AvgIpc) is 2.70. The van der Waals surface area contributed by atoms with Gasteiger partial charge in [-0.25, -0.2) is 0 Å². The lowest BCUT2D eigenvalue weighted by molar-refractivity contribution is 0.164. The molecule has 3 rings (SSSR count). The van der Waals surface area contributed by atoms with Gasteiger partial charge in [0.05, 0.1) is 12.0 Å². The zero-order valence-corrected chi connectivity index (χ0v) is 9.24. The molecule has 1 aliphatic carbocycles. The van der Waals surface area contributed by atoms with Crippen LogP contribution in [0, 0.1) is 0 Å². The van der Waals surface area contributed by atoms with Gasteiger partial charge in [0.15, 0.2) is 5.82 Å². The summed E-state index contributed by atoms with van der Waals surface area (Å²) in [7, 11) is 0. The van der Waals surface area contributed by atoms with E-state index in [2.05, 4.69) is 10.1 Å². The van der Waals surface area contributed by atoms with E-state index in [1.807, 2.05) is 0 Å². The van der Waals surface area contributed by atoms with E-state index in [4.69, 9.17) is 4.52 Å². The number of hydrogen-bond acceptors (Lipinski definition) is 5. The SMILES string of the molecule is OC1CSCC1c1nc(C2CCC2)no1. The quantitative estimate of drug-likeness (QED) is 0.828. The van der Waals surface area contributed by atoms with Crippen molar-refractivity contribution in [3.05, 3.63) is 11.7 Å². The van der Waals surface area contributed by atoms with E-state index in [9.17, 15) is 5.11 Å². The Kier molecular flexibility index (Phi) is 2.44. The lowest BCUT2D eigenvalue weighted by Crippen LogP contribution is -2.16. The zero-order chi connectivity index (χ0) is 10.3. The molecule has 0 radical (unpaired) electrons. The maximum Gasteiger partial charge on any atom is 0.233 e. The first-order chi connectivity index (χ1) is 7.34. The highest BCUT2D eigenvalue weighted by Gasteiger charge is 2.33. The van der Waals surface area contributed by atoms with Crippen LogP contribution in [0.4, 0.5) is 0 Å². The van der Waals surface area contributed by atoms with Gasteiger partial charge >= 0.3 is 0 Å². The first kappa shape index (κ1) is 9.66. The van der Waals surface area contributed by atoms with Crippen LogP contribution in [0.1, 0.15) is 42.8 Å². The van der Waals surface area contributed by atoms with Crippen LogP contribution in [0.3, 0.4) is 0 Å². The van der Waals surface area contributed by atoms with E-state index in [1.165, 1.54) is 19.3 Å². The molecular formula is C10H14N2O2S. The fourth-order valence-corrected chi connectivity index (χ4v) is 3.24. The van der Waals surface area contributed by atoms with Gasteiger partial charge in [0, 0.05) is 17.4 Å². The number of hydrogen-bond donors (Lipinski definition) is 1. The zero-order valence-electron chi connectivity index (χ0n) is 8.43. The lowest BCUT2D eigenvalue weighted by Gasteiger charge is -2.21. The summed E-state index contributed by atoms with van der Waals surface area (Å²) in [6.07, 6.45) is 3.32. The van der Waals surface area contributed by atoms with Crippen LogP contribution in [-0.4, -0.2) is 32.9 Å². The number of rotatable bonds is 2. The van der Waals surface area contributed by atoms with Crippen LogP contribution in [0.5, 0.6) is 0 Å². The van der Waals surface area contributed by atoms with E-state index in [0.717, 1.165) is 17.3 Å². The summed E-state index contributed by atoms with van der Waals surface area (Å²) < 4.78 is 5.24. The molecule has 1 N–H and O–H groups in total. The van der Waals surface area contributed by atoms with Crippen LogP contribution in [0.15, 0.2) is 4.52 Å². The van der Waals surface area contributed by atoms with Gasteiger partial charge in [0.2, 0.25) is 5.89 Å². The maximum absolute atomic E-state index is 9.71. The Bertz CT molecular complexity index is 351. The summed E-state index contributed by atoms with van der Waals surface area (Å²) in [5.74, 6) is 3.72. The number of thioether (sulfide) groups is 1. The summed E-state index contributed by atoms with van der Waals surface area (Å²) in [4.78, 5) is 4.41. The van der Waals surface area contributed by atoms with Crippen molar-refractivity contribution in [1.82, 2.24) is 10.1 Å². The molecule has 0 bridgehead atoms. The largest absolute Gasteiger partial charge is 0.391 e. The Balaban J connectivity index is 1.77. The molecule has 2 atom stereocenters. The van der Waals surface area contributed by atoms with E-state index in [-0.39, 0.29) is 12.0 Å². The Hall–Kier alpha value is -0.550. The van der Waals surface area contributed by atoms with Gasteiger partial charge in [-0.1, -0.05) is 11.6 Å².